The van der Waals surface area contributed by atoms with Crippen molar-refractivity contribution >= 4 is 32.3 Å². The second kappa shape index (κ2) is 8.79. The van der Waals surface area contributed by atoms with Crippen LogP contribution >= 0.6 is 11.6 Å². The zero-order valence-electron chi connectivity index (χ0n) is 18.4. The number of nitrogens with zero attached hydrogens (tertiary/aromatic N) is 2. The van der Waals surface area contributed by atoms with Crippen molar-refractivity contribution in [1.82, 2.24) is 9.72 Å². The van der Waals surface area contributed by atoms with E-state index >= 15 is 0 Å². The highest BCUT2D eigenvalue weighted by Gasteiger charge is 2.19. The first-order chi connectivity index (χ1) is 16.7. The molecule has 0 aliphatic heterocycles. The minimum atomic E-state index is -3.68. The van der Waals surface area contributed by atoms with E-state index in [2.05, 4.69) is 5.16 Å². The Labute approximate surface area is 205 Å². The molecule has 6 nitrogen and oxygen atoms in total. The molecule has 0 bridgehead atoms. The van der Waals surface area contributed by atoms with Crippen LogP contribution in [0.25, 0.3) is 27.7 Å². The molecule has 0 N–H and O–H groups in total. The molecule has 9 heteroatoms. The summed E-state index contributed by atoms with van der Waals surface area (Å²) in [6, 6.07) is 18.6. The summed E-state index contributed by atoms with van der Waals surface area (Å²) in [4.78, 5) is 13.0. The average molecular weight is 509 g/mol. The van der Waals surface area contributed by atoms with Crippen LogP contribution in [0.1, 0.15) is 11.3 Å². The molecule has 0 unspecified atom stereocenters. The summed E-state index contributed by atoms with van der Waals surface area (Å²) < 4.78 is 45.7. The maximum Gasteiger partial charge on any atom is 0.255 e. The number of hydrogen-bond donors (Lipinski definition) is 0. The Balaban J connectivity index is 1.62. The lowest BCUT2D eigenvalue weighted by molar-refractivity contribution is 0.413. The Kier molecular flexibility index (Phi) is 5.78. The fourth-order valence-corrected chi connectivity index (χ4v) is 5.60. The Morgan fingerprint density at radius 2 is 1.86 bits per heavy atom. The predicted molar refractivity (Wildman–Crippen MR) is 132 cm³/mol. The fraction of sp³-hybridized carbons (Fsp3) is 0.0769. The number of fused-ring (bicyclic) bond motifs is 1. The number of sulfone groups is 1. The summed E-state index contributed by atoms with van der Waals surface area (Å²) in [7, 11) is -3.68. The Morgan fingerprint density at radius 1 is 1.03 bits per heavy atom. The van der Waals surface area contributed by atoms with Crippen molar-refractivity contribution in [2.24, 2.45) is 0 Å². The number of benzene rings is 3. The Bertz CT molecular complexity index is 1750. The summed E-state index contributed by atoms with van der Waals surface area (Å²) in [5.74, 6) is -0.676. The molecule has 3 aromatic carbocycles. The highest BCUT2D eigenvalue weighted by molar-refractivity contribution is 7.90. The van der Waals surface area contributed by atoms with Gasteiger partial charge in [0.05, 0.1) is 26.8 Å². The molecular weight excluding hydrogens is 491 g/mol. The topological polar surface area (TPSA) is 82.2 Å². The molecule has 0 saturated heterocycles. The molecule has 0 aliphatic rings. The lowest BCUT2D eigenvalue weighted by Gasteiger charge is -2.16. The van der Waals surface area contributed by atoms with Gasteiger partial charge in [0, 0.05) is 23.1 Å². The fourth-order valence-electron chi connectivity index (χ4n) is 4.05. The maximum absolute atomic E-state index is 13.7. The van der Waals surface area contributed by atoms with E-state index in [1.807, 2.05) is 6.92 Å². The van der Waals surface area contributed by atoms with E-state index in [0.29, 0.717) is 38.4 Å². The molecule has 0 radical (unpaired) electrons. The number of rotatable bonds is 5. The molecular formula is C26H18ClFN2O4S. The first-order valence-corrected chi connectivity index (χ1v) is 12.6. The molecule has 5 aromatic rings. The zero-order chi connectivity index (χ0) is 24.7. The molecule has 0 spiro atoms. The first-order valence-electron chi connectivity index (χ1n) is 10.6. The number of aromatic nitrogens is 2. The van der Waals surface area contributed by atoms with Gasteiger partial charge in [-0.3, -0.25) is 9.36 Å². The second-order valence-electron chi connectivity index (χ2n) is 8.11. The minimum Gasteiger partial charge on any atom is -0.364 e. The Hall–Kier alpha value is -3.75. The van der Waals surface area contributed by atoms with Crippen molar-refractivity contribution in [3.8, 4) is 16.8 Å². The van der Waals surface area contributed by atoms with E-state index in [9.17, 15) is 17.6 Å². The molecule has 2 aromatic heterocycles. The van der Waals surface area contributed by atoms with E-state index < -0.39 is 9.84 Å². The van der Waals surface area contributed by atoms with Gasteiger partial charge in [0.15, 0.2) is 9.84 Å². The van der Waals surface area contributed by atoms with Gasteiger partial charge in [-0.15, -0.1) is 0 Å². The molecule has 0 saturated carbocycles. The van der Waals surface area contributed by atoms with Crippen LogP contribution in [0, 0.1) is 12.7 Å². The van der Waals surface area contributed by atoms with Gasteiger partial charge >= 0.3 is 0 Å². The number of halogens is 2. The van der Waals surface area contributed by atoms with Gasteiger partial charge in [-0.25, -0.2) is 12.8 Å². The lowest BCUT2D eigenvalue weighted by Crippen LogP contribution is -2.18. The van der Waals surface area contributed by atoms with Gasteiger partial charge < -0.3 is 4.52 Å². The maximum atomic E-state index is 13.7. The summed E-state index contributed by atoms with van der Waals surface area (Å²) in [5.41, 5.74) is 3.08. The quantitative estimate of drug-likeness (QED) is 0.303. The summed E-state index contributed by atoms with van der Waals surface area (Å²) in [6.07, 6.45) is 1.32. The Morgan fingerprint density at radius 3 is 2.60 bits per heavy atom. The summed E-state index contributed by atoms with van der Waals surface area (Å²) in [5, 5.41) is 4.59. The molecule has 0 amide bonds. The lowest BCUT2D eigenvalue weighted by atomic mass is 10.0. The molecule has 0 aliphatic carbocycles. The van der Waals surface area contributed by atoms with E-state index in [1.54, 1.807) is 36.4 Å². The first kappa shape index (κ1) is 23.0. The van der Waals surface area contributed by atoms with Gasteiger partial charge in [0.25, 0.3) is 5.56 Å². The van der Waals surface area contributed by atoms with Gasteiger partial charge in [0.2, 0.25) is 0 Å². The van der Waals surface area contributed by atoms with Crippen LogP contribution in [0.2, 0.25) is 5.02 Å². The van der Waals surface area contributed by atoms with Crippen LogP contribution in [-0.2, 0) is 15.6 Å². The standard InChI is InChI=1S/C26H18ClFN2O4S/c1-16-11-22(17-3-2-4-19(28)12-17)23(27)14-25(16)30-24-7-6-21(13-18(24)5-8-26(30)31)35(32,33)15-20-9-10-34-29-20/h2-14H,15H2,1H3. The smallest absolute Gasteiger partial charge is 0.255 e. The number of aryl methyl sites for hydroxylation is 1. The third-order valence-electron chi connectivity index (χ3n) is 5.72. The highest BCUT2D eigenvalue weighted by Crippen LogP contribution is 2.33. The van der Waals surface area contributed by atoms with Crippen LogP contribution in [0.3, 0.4) is 0 Å². The van der Waals surface area contributed by atoms with Gasteiger partial charge in [0.1, 0.15) is 17.8 Å². The van der Waals surface area contributed by atoms with Crippen molar-refractivity contribution in [3.63, 3.8) is 0 Å². The van der Waals surface area contributed by atoms with E-state index in [1.165, 1.54) is 47.2 Å². The third kappa shape index (κ3) is 4.38. The minimum absolute atomic E-state index is 0.106. The highest BCUT2D eigenvalue weighted by atomic mass is 35.5. The van der Waals surface area contributed by atoms with Crippen LogP contribution < -0.4 is 5.56 Å². The van der Waals surface area contributed by atoms with Crippen LogP contribution in [0.4, 0.5) is 4.39 Å². The molecule has 0 atom stereocenters. The second-order valence-corrected chi connectivity index (χ2v) is 10.5. The third-order valence-corrected chi connectivity index (χ3v) is 7.68. The van der Waals surface area contributed by atoms with Crippen molar-refractivity contribution < 1.29 is 17.3 Å². The SMILES string of the molecule is Cc1cc(-c2cccc(F)c2)c(Cl)cc1-n1c(=O)ccc2cc(S(=O)(=O)Cc3ccon3)ccc21. The number of pyridine rings is 1. The zero-order valence-corrected chi connectivity index (χ0v) is 20.0. The van der Waals surface area contributed by atoms with Gasteiger partial charge in [-0.1, -0.05) is 28.9 Å². The monoisotopic (exact) mass is 508 g/mol. The summed E-state index contributed by atoms with van der Waals surface area (Å²) in [6.45, 7) is 1.83. The van der Waals surface area contributed by atoms with E-state index in [-0.39, 0.29) is 22.0 Å². The molecule has 35 heavy (non-hydrogen) atoms. The molecule has 5 rings (SSSR count). The number of hydrogen-bond acceptors (Lipinski definition) is 5. The van der Waals surface area contributed by atoms with Gasteiger partial charge in [-0.2, -0.15) is 0 Å². The van der Waals surface area contributed by atoms with Crippen LogP contribution in [-0.4, -0.2) is 18.1 Å². The predicted octanol–water partition coefficient (Wildman–Crippen LogP) is 5.72. The van der Waals surface area contributed by atoms with E-state index in [4.69, 9.17) is 16.1 Å². The molecule has 0 fully saturated rings. The summed E-state index contributed by atoms with van der Waals surface area (Å²) >= 11 is 6.56. The van der Waals surface area contributed by atoms with Crippen molar-refractivity contribution in [1.29, 1.82) is 0 Å². The molecule has 176 valence electrons. The largest absolute Gasteiger partial charge is 0.364 e. The van der Waals surface area contributed by atoms with Gasteiger partial charge in [-0.05, 0) is 66.6 Å². The average Bonchev–Trinajstić information content (AvgIpc) is 3.32. The van der Waals surface area contributed by atoms with Crippen molar-refractivity contribution in [3.05, 3.63) is 112 Å². The van der Waals surface area contributed by atoms with Crippen molar-refractivity contribution in [2.45, 2.75) is 17.6 Å². The van der Waals surface area contributed by atoms with E-state index in [0.717, 1.165) is 5.56 Å². The normalized spacial score (nSPS) is 11.7. The van der Waals surface area contributed by atoms with Crippen LogP contribution in [0.5, 0.6) is 0 Å². The molecule has 2 heterocycles. The van der Waals surface area contributed by atoms with Crippen LogP contribution in [0.15, 0.2) is 93.3 Å². The van der Waals surface area contributed by atoms with Crippen molar-refractivity contribution in [2.75, 3.05) is 0 Å².